The molecule has 1 aromatic carbocycles. The van der Waals surface area contributed by atoms with Gasteiger partial charge in [0.2, 0.25) is 15.8 Å². The highest BCUT2D eigenvalue weighted by atomic mass is 35.5. The second-order valence-electron chi connectivity index (χ2n) is 6.37. The van der Waals surface area contributed by atoms with Crippen molar-refractivity contribution in [3.8, 4) is 0 Å². The van der Waals surface area contributed by atoms with Crippen LogP contribution in [0.15, 0.2) is 29.2 Å². The summed E-state index contributed by atoms with van der Waals surface area (Å²) in [5, 5.41) is 0.272. The molecule has 0 radical (unpaired) electrons. The molecule has 156 valence electrons. The molecular formula is C19H21ClN2O6S. The van der Waals surface area contributed by atoms with Crippen molar-refractivity contribution in [1.82, 2.24) is 9.71 Å². The Morgan fingerprint density at radius 1 is 1.21 bits per heavy atom. The van der Waals surface area contributed by atoms with Crippen LogP contribution in [-0.4, -0.2) is 44.1 Å². The zero-order chi connectivity index (χ0) is 21.8. The fourth-order valence-electron chi connectivity index (χ4n) is 2.85. The number of sulfonamides is 1. The molecule has 8 nitrogen and oxygen atoms in total. The Morgan fingerprint density at radius 2 is 1.90 bits per heavy atom. The molecule has 1 heterocycles. The van der Waals surface area contributed by atoms with Crippen molar-refractivity contribution in [3.05, 3.63) is 51.8 Å². The molecule has 29 heavy (non-hydrogen) atoms. The van der Waals surface area contributed by atoms with Gasteiger partial charge in [0.05, 0.1) is 17.0 Å². The lowest BCUT2D eigenvalue weighted by atomic mass is 10.1. The Labute approximate surface area is 173 Å². The van der Waals surface area contributed by atoms with Gasteiger partial charge in [0.1, 0.15) is 0 Å². The molecule has 2 aromatic rings. The van der Waals surface area contributed by atoms with E-state index >= 15 is 0 Å². The number of aryl methyl sites for hydroxylation is 1. The average molecular weight is 441 g/mol. The highest BCUT2D eigenvalue weighted by Gasteiger charge is 2.21. The Hall–Kier alpha value is -2.49. The third-order valence-corrected chi connectivity index (χ3v) is 5.85. The average Bonchev–Trinajstić information content (AvgIpc) is 2.94. The first-order valence-electron chi connectivity index (χ1n) is 8.67. The number of hydrogen-bond donors (Lipinski definition) is 2. The van der Waals surface area contributed by atoms with Gasteiger partial charge in [-0.25, -0.2) is 13.1 Å². The summed E-state index contributed by atoms with van der Waals surface area (Å²) in [5.74, 6) is -1.38. The summed E-state index contributed by atoms with van der Waals surface area (Å²) in [6, 6.07) is 5.71. The molecule has 0 bridgehead atoms. The number of hydrogen-bond acceptors (Lipinski definition) is 6. The van der Waals surface area contributed by atoms with E-state index < -0.39 is 28.4 Å². The molecule has 1 aromatic heterocycles. The molecule has 0 saturated heterocycles. The first-order valence-corrected chi connectivity index (χ1v) is 10.5. The predicted octanol–water partition coefficient (Wildman–Crippen LogP) is 2.58. The maximum absolute atomic E-state index is 12.3. The molecule has 0 aliphatic heterocycles. The van der Waals surface area contributed by atoms with Crippen LogP contribution < -0.4 is 4.72 Å². The van der Waals surface area contributed by atoms with E-state index in [9.17, 15) is 22.8 Å². The summed E-state index contributed by atoms with van der Waals surface area (Å²) in [4.78, 5) is 38.5. The second-order valence-corrected chi connectivity index (χ2v) is 8.57. The minimum absolute atomic E-state index is 0.0209. The molecule has 0 aliphatic carbocycles. The van der Waals surface area contributed by atoms with Gasteiger partial charge in [0.25, 0.3) is 0 Å². The lowest BCUT2D eigenvalue weighted by molar-refractivity contribution is -0.142. The molecule has 0 fully saturated rings. The zero-order valence-electron chi connectivity index (χ0n) is 16.2. The highest BCUT2D eigenvalue weighted by Crippen LogP contribution is 2.19. The number of rotatable bonds is 9. The van der Waals surface area contributed by atoms with Gasteiger partial charge < -0.3 is 9.72 Å². The summed E-state index contributed by atoms with van der Waals surface area (Å²) < 4.78 is 31.5. The third-order valence-electron chi connectivity index (χ3n) is 4.16. The Balaban J connectivity index is 1.87. The van der Waals surface area contributed by atoms with E-state index in [2.05, 4.69) is 9.71 Å². The van der Waals surface area contributed by atoms with Gasteiger partial charge in [-0.3, -0.25) is 14.4 Å². The van der Waals surface area contributed by atoms with Crippen LogP contribution in [0.3, 0.4) is 0 Å². The molecule has 0 unspecified atom stereocenters. The van der Waals surface area contributed by atoms with Gasteiger partial charge in [0, 0.05) is 22.8 Å². The number of carbonyl (C=O) groups excluding carboxylic acids is 3. The van der Waals surface area contributed by atoms with E-state index in [0.717, 1.165) is 0 Å². The van der Waals surface area contributed by atoms with E-state index in [1.165, 1.54) is 25.1 Å². The Bertz CT molecular complexity index is 1060. The minimum Gasteiger partial charge on any atom is -0.457 e. The molecule has 10 heteroatoms. The van der Waals surface area contributed by atoms with E-state index in [1.807, 2.05) is 0 Å². The lowest BCUT2D eigenvalue weighted by Crippen LogP contribution is -2.27. The predicted molar refractivity (Wildman–Crippen MR) is 107 cm³/mol. The standard InChI is InChI=1S/C19H21ClN2O6S/c1-11-18(13(3)23)12(2)22-19(11)16(24)10-28-17(25)7-8-21-29(26,27)15-6-4-5-14(20)9-15/h4-6,9,21-22H,7-8,10H2,1-3H3. The number of ketones is 2. The normalized spacial score (nSPS) is 11.3. The van der Waals surface area contributed by atoms with Crippen molar-refractivity contribution >= 4 is 39.2 Å². The largest absolute Gasteiger partial charge is 0.457 e. The fourth-order valence-corrected chi connectivity index (χ4v) is 4.18. The molecule has 0 amide bonds. The quantitative estimate of drug-likeness (QED) is 0.456. The van der Waals surface area contributed by atoms with Crippen molar-refractivity contribution in [2.75, 3.05) is 13.2 Å². The van der Waals surface area contributed by atoms with Crippen LogP contribution in [0, 0.1) is 13.8 Å². The van der Waals surface area contributed by atoms with Gasteiger partial charge in [0.15, 0.2) is 12.4 Å². The van der Waals surface area contributed by atoms with Crippen molar-refractivity contribution in [1.29, 1.82) is 0 Å². The summed E-state index contributed by atoms with van der Waals surface area (Å²) in [5.41, 5.74) is 1.72. The van der Waals surface area contributed by atoms with E-state index in [-0.39, 0.29) is 34.4 Å². The molecule has 0 aliphatic rings. The molecule has 0 spiro atoms. The molecular weight excluding hydrogens is 420 g/mol. The summed E-state index contributed by atoms with van der Waals surface area (Å²) in [6.45, 7) is 4.01. The maximum Gasteiger partial charge on any atom is 0.307 e. The number of ether oxygens (including phenoxy) is 1. The highest BCUT2D eigenvalue weighted by molar-refractivity contribution is 7.89. The lowest BCUT2D eigenvalue weighted by Gasteiger charge is -2.07. The topological polar surface area (TPSA) is 122 Å². The minimum atomic E-state index is -3.81. The summed E-state index contributed by atoms with van der Waals surface area (Å²) in [6.07, 6.45) is -0.255. The van der Waals surface area contributed by atoms with Gasteiger partial charge in [-0.2, -0.15) is 0 Å². The zero-order valence-corrected chi connectivity index (χ0v) is 17.7. The van der Waals surface area contributed by atoms with Crippen LogP contribution in [-0.2, 0) is 19.6 Å². The summed E-state index contributed by atoms with van der Waals surface area (Å²) in [7, 11) is -3.81. The number of H-pyrrole nitrogens is 1. The number of benzene rings is 1. The number of nitrogens with one attached hydrogen (secondary N) is 2. The fraction of sp³-hybridized carbons (Fsp3) is 0.316. The van der Waals surface area contributed by atoms with Crippen LogP contribution in [0.2, 0.25) is 5.02 Å². The van der Waals surface area contributed by atoms with Crippen molar-refractivity contribution in [2.45, 2.75) is 32.1 Å². The van der Waals surface area contributed by atoms with E-state index in [1.54, 1.807) is 19.9 Å². The van der Waals surface area contributed by atoms with Gasteiger partial charge in [-0.1, -0.05) is 17.7 Å². The van der Waals surface area contributed by atoms with Crippen LogP contribution in [0.5, 0.6) is 0 Å². The SMILES string of the molecule is CC(=O)c1c(C)[nH]c(C(=O)COC(=O)CCNS(=O)(=O)c2cccc(Cl)c2)c1C. The van der Waals surface area contributed by atoms with Gasteiger partial charge >= 0.3 is 5.97 Å². The molecule has 0 atom stereocenters. The van der Waals surface area contributed by atoms with Crippen molar-refractivity contribution < 1.29 is 27.5 Å². The monoisotopic (exact) mass is 440 g/mol. The van der Waals surface area contributed by atoms with Crippen LogP contribution in [0.25, 0.3) is 0 Å². The van der Waals surface area contributed by atoms with Crippen LogP contribution >= 0.6 is 11.6 Å². The van der Waals surface area contributed by atoms with Gasteiger partial charge in [-0.05, 0) is 44.5 Å². The molecule has 0 saturated carbocycles. The van der Waals surface area contributed by atoms with Gasteiger partial charge in [-0.15, -0.1) is 0 Å². The van der Waals surface area contributed by atoms with E-state index in [4.69, 9.17) is 16.3 Å². The second kappa shape index (κ2) is 9.34. The number of esters is 1. The third kappa shape index (κ3) is 5.75. The number of carbonyl (C=O) groups is 3. The number of aromatic nitrogens is 1. The Kier molecular flexibility index (Phi) is 7.34. The smallest absolute Gasteiger partial charge is 0.307 e. The molecule has 2 N–H and O–H groups in total. The van der Waals surface area contributed by atoms with Crippen LogP contribution in [0.1, 0.15) is 45.4 Å². The maximum atomic E-state index is 12.3. The Morgan fingerprint density at radius 3 is 2.48 bits per heavy atom. The molecule has 2 rings (SSSR count). The van der Waals surface area contributed by atoms with Crippen molar-refractivity contribution in [3.63, 3.8) is 0 Å². The summed E-state index contributed by atoms with van der Waals surface area (Å²) >= 11 is 5.78. The first-order chi connectivity index (χ1) is 13.5. The van der Waals surface area contributed by atoms with Crippen LogP contribution in [0.4, 0.5) is 0 Å². The first kappa shape index (κ1) is 22.8. The van der Waals surface area contributed by atoms with E-state index in [0.29, 0.717) is 16.8 Å². The number of Topliss-reactive ketones (excluding diaryl/α,β-unsaturated/α-hetero) is 2. The number of halogens is 1. The van der Waals surface area contributed by atoms with Crippen molar-refractivity contribution in [2.24, 2.45) is 0 Å². The number of aromatic amines is 1.